The van der Waals surface area contributed by atoms with Crippen LogP contribution in [0.5, 0.6) is 5.75 Å². The number of hydrogen-bond acceptors (Lipinski definition) is 3. The van der Waals surface area contributed by atoms with E-state index in [9.17, 15) is 4.79 Å². The molecule has 0 unspecified atom stereocenters. The van der Waals surface area contributed by atoms with Crippen LogP contribution in [0.25, 0.3) is 0 Å². The lowest BCUT2D eigenvalue weighted by atomic mass is 10.1. The van der Waals surface area contributed by atoms with Crippen LogP contribution in [0.4, 0.5) is 0 Å². The van der Waals surface area contributed by atoms with Crippen LogP contribution in [0.1, 0.15) is 5.56 Å². The zero-order valence-corrected chi connectivity index (χ0v) is 8.49. The molecular formula is C11H12N2O2. The highest BCUT2D eigenvalue weighted by atomic mass is 16.5. The molecule has 0 aromatic heterocycles. The van der Waals surface area contributed by atoms with Gasteiger partial charge >= 0.3 is 0 Å². The van der Waals surface area contributed by atoms with Crippen molar-refractivity contribution in [1.82, 2.24) is 5.32 Å². The van der Waals surface area contributed by atoms with Crippen molar-refractivity contribution < 1.29 is 9.53 Å². The molecule has 1 amide bonds. The fourth-order valence-corrected chi connectivity index (χ4v) is 1.46. The van der Waals surface area contributed by atoms with Gasteiger partial charge in [0.05, 0.1) is 13.7 Å². The topological polar surface area (TPSA) is 50.7 Å². The molecule has 0 bridgehead atoms. The van der Waals surface area contributed by atoms with E-state index < -0.39 is 0 Å². The molecule has 1 heterocycles. The van der Waals surface area contributed by atoms with Gasteiger partial charge in [-0.05, 0) is 24.3 Å². The van der Waals surface area contributed by atoms with Gasteiger partial charge in [-0.15, -0.1) is 0 Å². The molecule has 0 spiro atoms. The third kappa shape index (κ3) is 1.98. The summed E-state index contributed by atoms with van der Waals surface area (Å²) in [6, 6.07) is 7.31. The van der Waals surface area contributed by atoms with Crippen LogP contribution in [0, 0.1) is 0 Å². The standard InChI is InChI=1S/C11H12N2O2/c1-15-9-4-2-8(3-5-9)10-11(14)13-7-6-12-10/h2-5H,6-7H2,1H3,(H,13,14). The van der Waals surface area contributed by atoms with E-state index in [1.54, 1.807) is 7.11 Å². The molecule has 0 fully saturated rings. The molecule has 1 aliphatic rings. The van der Waals surface area contributed by atoms with Crippen LogP contribution < -0.4 is 10.1 Å². The van der Waals surface area contributed by atoms with Crippen molar-refractivity contribution in [2.75, 3.05) is 20.2 Å². The van der Waals surface area contributed by atoms with Crippen molar-refractivity contribution in [1.29, 1.82) is 0 Å². The lowest BCUT2D eigenvalue weighted by Gasteiger charge is -2.12. The molecule has 0 radical (unpaired) electrons. The number of carbonyl (C=O) groups excluding carboxylic acids is 1. The lowest BCUT2D eigenvalue weighted by molar-refractivity contribution is -0.114. The third-order valence-electron chi connectivity index (χ3n) is 2.25. The minimum absolute atomic E-state index is 0.105. The molecule has 1 aromatic rings. The maximum atomic E-state index is 11.5. The highest BCUT2D eigenvalue weighted by Gasteiger charge is 2.16. The molecule has 1 aliphatic heterocycles. The summed E-state index contributed by atoms with van der Waals surface area (Å²) in [5.74, 6) is 0.669. The molecule has 0 aliphatic carbocycles. The predicted molar refractivity (Wildman–Crippen MR) is 57.4 cm³/mol. The summed E-state index contributed by atoms with van der Waals surface area (Å²) in [6.45, 7) is 1.27. The number of amides is 1. The molecule has 1 N–H and O–H groups in total. The Morgan fingerprint density at radius 3 is 2.67 bits per heavy atom. The molecule has 4 nitrogen and oxygen atoms in total. The minimum atomic E-state index is -0.105. The van der Waals surface area contributed by atoms with Crippen LogP contribution in [0.3, 0.4) is 0 Å². The van der Waals surface area contributed by atoms with Gasteiger partial charge in [0, 0.05) is 12.1 Å². The summed E-state index contributed by atoms with van der Waals surface area (Å²) in [6.07, 6.45) is 0. The van der Waals surface area contributed by atoms with Crippen LogP contribution in [0.2, 0.25) is 0 Å². The first-order valence-electron chi connectivity index (χ1n) is 4.78. The van der Waals surface area contributed by atoms with Crippen LogP contribution in [-0.4, -0.2) is 31.8 Å². The smallest absolute Gasteiger partial charge is 0.270 e. The van der Waals surface area contributed by atoms with Gasteiger partial charge in [-0.1, -0.05) is 0 Å². The summed E-state index contributed by atoms with van der Waals surface area (Å²) in [7, 11) is 1.61. The summed E-state index contributed by atoms with van der Waals surface area (Å²) in [4.78, 5) is 15.7. The Hall–Kier alpha value is -1.84. The summed E-state index contributed by atoms with van der Waals surface area (Å²) < 4.78 is 5.04. The Balaban J connectivity index is 2.28. The predicted octanol–water partition coefficient (Wildman–Crippen LogP) is 0.614. The van der Waals surface area contributed by atoms with Crippen molar-refractivity contribution in [2.24, 2.45) is 4.99 Å². The summed E-state index contributed by atoms with van der Waals surface area (Å²) in [5.41, 5.74) is 1.33. The normalized spacial score (nSPS) is 15.5. The van der Waals surface area contributed by atoms with Crippen LogP contribution >= 0.6 is 0 Å². The molecule has 0 saturated carbocycles. The molecule has 2 rings (SSSR count). The number of nitrogens with zero attached hydrogens (tertiary/aromatic N) is 1. The van der Waals surface area contributed by atoms with E-state index in [1.807, 2.05) is 24.3 Å². The lowest BCUT2D eigenvalue weighted by Crippen LogP contribution is -2.37. The second-order valence-corrected chi connectivity index (χ2v) is 3.21. The van der Waals surface area contributed by atoms with Gasteiger partial charge in [-0.2, -0.15) is 0 Å². The summed E-state index contributed by atoms with van der Waals surface area (Å²) in [5, 5.41) is 2.76. The van der Waals surface area contributed by atoms with Gasteiger partial charge in [0.1, 0.15) is 11.5 Å². The average Bonchev–Trinajstić information content (AvgIpc) is 2.30. The largest absolute Gasteiger partial charge is 0.497 e. The monoisotopic (exact) mass is 204 g/mol. The minimum Gasteiger partial charge on any atom is -0.497 e. The highest BCUT2D eigenvalue weighted by molar-refractivity contribution is 6.45. The van der Waals surface area contributed by atoms with E-state index in [0.717, 1.165) is 11.3 Å². The number of hydrogen-bond donors (Lipinski definition) is 1. The maximum absolute atomic E-state index is 11.5. The first-order chi connectivity index (χ1) is 7.31. The Morgan fingerprint density at radius 2 is 2.07 bits per heavy atom. The highest BCUT2D eigenvalue weighted by Crippen LogP contribution is 2.12. The van der Waals surface area contributed by atoms with Gasteiger partial charge < -0.3 is 10.1 Å². The van der Waals surface area contributed by atoms with Crippen LogP contribution in [-0.2, 0) is 4.79 Å². The Kier molecular flexibility index (Phi) is 2.67. The fourth-order valence-electron chi connectivity index (χ4n) is 1.46. The molecule has 0 atom stereocenters. The number of methoxy groups -OCH3 is 1. The van der Waals surface area contributed by atoms with Gasteiger partial charge in [0.25, 0.3) is 5.91 Å². The number of ether oxygens (including phenoxy) is 1. The van der Waals surface area contributed by atoms with E-state index in [2.05, 4.69) is 10.3 Å². The van der Waals surface area contributed by atoms with Gasteiger partial charge in [-0.25, -0.2) is 0 Å². The van der Waals surface area contributed by atoms with Crippen molar-refractivity contribution in [3.05, 3.63) is 29.8 Å². The molecule has 4 heteroatoms. The second kappa shape index (κ2) is 4.13. The van der Waals surface area contributed by atoms with Gasteiger partial charge in [-0.3, -0.25) is 9.79 Å². The molecule has 15 heavy (non-hydrogen) atoms. The van der Waals surface area contributed by atoms with E-state index in [4.69, 9.17) is 4.74 Å². The first-order valence-corrected chi connectivity index (χ1v) is 4.78. The Labute approximate surface area is 88.0 Å². The average molecular weight is 204 g/mol. The Morgan fingerprint density at radius 1 is 1.33 bits per heavy atom. The molecule has 1 aromatic carbocycles. The van der Waals surface area contributed by atoms with Crippen molar-refractivity contribution in [2.45, 2.75) is 0 Å². The SMILES string of the molecule is COc1ccc(C2=NCCNC2=O)cc1. The van der Waals surface area contributed by atoms with Crippen molar-refractivity contribution in [3.8, 4) is 5.75 Å². The maximum Gasteiger partial charge on any atom is 0.270 e. The zero-order chi connectivity index (χ0) is 10.7. The molecule has 78 valence electrons. The van der Waals surface area contributed by atoms with Crippen molar-refractivity contribution >= 4 is 11.6 Å². The quantitative estimate of drug-likeness (QED) is 0.767. The number of nitrogens with one attached hydrogen (secondary N) is 1. The number of aliphatic imine (C=N–C) groups is 1. The Bertz CT molecular complexity index is 396. The van der Waals surface area contributed by atoms with E-state index in [0.29, 0.717) is 18.8 Å². The van der Waals surface area contributed by atoms with E-state index in [1.165, 1.54) is 0 Å². The van der Waals surface area contributed by atoms with Crippen molar-refractivity contribution in [3.63, 3.8) is 0 Å². The number of rotatable bonds is 2. The third-order valence-corrected chi connectivity index (χ3v) is 2.25. The van der Waals surface area contributed by atoms with Gasteiger partial charge in [0.2, 0.25) is 0 Å². The zero-order valence-electron chi connectivity index (χ0n) is 8.49. The van der Waals surface area contributed by atoms with Crippen LogP contribution in [0.15, 0.2) is 29.3 Å². The number of carbonyl (C=O) groups is 1. The summed E-state index contributed by atoms with van der Waals surface area (Å²) >= 11 is 0. The first kappa shape index (κ1) is 9.71. The number of benzene rings is 1. The second-order valence-electron chi connectivity index (χ2n) is 3.21. The van der Waals surface area contributed by atoms with Gasteiger partial charge in [0.15, 0.2) is 0 Å². The van der Waals surface area contributed by atoms with E-state index in [-0.39, 0.29) is 5.91 Å². The molecular weight excluding hydrogens is 192 g/mol. The van der Waals surface area contributed by atoms with E-state index >= 15 is 0 Å². The fraction of sp³-hybridized carbons (Fsp3) is 0.273. The molecule has 0 saturated heterocycles.